The highest BCUT2D eigenvalue weighted by Gasteiger charge is 2.16. The van der Waals surface area contributed by atoms with Gasteiger partial charge in [-0.05, 0) is 37.1 Å². The van der Waals surface area contributed by atoms with E-state index < -0.39 is 11.7 Å². The van der Waals surface area contributed by atoms with E-state index in [9.17, 15) is 9.18 Å². The molecule has 1 heterocycles. The van der Waals surface area contributed by atoms with Gasteiger partial charge in [-0.2, -0.15) is 0 Å². The molecule has 120 valence electrons. The highest BCUT2D eigenvalue weighted by Crippen LogP contribution is 2.20. The van der Waals surface area contributed by atoms with Crippen molar-refractivity contribution in [2.75, 3.05) is 18.5 Å². The summed E-state index contributed by atoms with van der Waals surface area (Å²) >= 11 is 0. The van der Waals surface area contributed by atoms with Gasteiger partial charge >= 0.3 is 0 Å². The van der Waals surface area contributed by atoms with Crippen molar-refractivity contribution in [1.29, 1.82) is 0 Å². The third kappa shape index (κ3) is 4.07. The average Bonchev–Trinajstić information content (AvgIpc) is 3.07. The van der Waals surface area contributed by atoms with E-state index >= 15 is 0 Å². The molecule has 1 amide bonds. The Morgan fingerprint density at radius 2 is 2.13 bits per heavy atom. The van der Waals surface area contributed by atoms with Gasteiger partial charge in [0.25, 0.3) is 5.91 Å². The van der Waals surface area contributed by atoms with Crippen molar-refractivity contribution >= 4 is 11.6 Å². The third-order valence-corrected chi connectivity index (χ3v) is 3.67. The van der Waals surface area contributed by atoms with Crippen LogP contribution in [0.1, 0.15) is 23.2 Å². The fourth-order valence-electron chi connectivity index (χ4n) is 2.47. The van der Waals surface area contributed by atoms with E-state index in [0.717, 1.165) is 19.4 Å². The van der Waals surface area contributed by atoms with Crippen LogP contribution in [0.25, 0.3) is 0 Å². The van der Waals surface area contributed by atoms with Crippen molar-refractivity contribution in [3.63, 3.8) is 0 Å². The van der Waals surface area contributed by atoms with Crippen LogP contribution in [0, 0.1) is 5.82 Å². The Morgan fingerprint density at radius 1 is 1.26 bits per heavy atom. The van der Waals surface area contributed by atoms with E-state index in [0.29, 0.717) is 18.0 Å². The molecule has 3 rings (SSSR count). The van der Waals surface area contributed by atoms with E-state index in [1.54, 1.807) is 30.3 Å². The highest BCUT2D eigenvalue weighted by molar-refractivity contribution is 6.04. The topological polar surface area (TPSA) is 47.6 Å². The summed E-state index contributed by atoms with van der Waals surface area (Å²) in [5.41, 5.74) is 0.571. The van der Waals surface area contributed by atoms with Crippen LogP contribution in [0.5, 0.6) is 5.75 Å². The molecule has 1 aliphatic rings. The number of anilines is 1. The molecule has 0 radical (unpaired) electrons. The zero-order chi connectivity index (χ0) is 16.1. The SMILES string of the molecule is O=C(Nc1cccc(OCC2CCCO2)c1)c1ccccc1F. The van der Waals surface area contributed by atoms with Crippen molar-refractivity contribution < 1.29 is 18.7 Å². The van der Waals surface area contributed by atoms with Gasteiger partial charge in [0.05, 0.1) is 11.7 Å². The highest BCUT2D eigenvalue weighted by atomic mass is 19.1. The van der Waals surface area contributed by atoms with Crippen molar-refractivity contribution in [3.8, 4) is 5.75 Å². The lowest BCUT2D eigenvalue weighted by Crippen LogP contribution is -2.16. The van der Waals surface area contributed by atoms with Crippen LogP contribution in [0.2, 0.25) is 0 Å². The second-order valence-corrected chi connectivity index (χ2v) is 5.41. The summed E-state index contributed by atoms with van der Waals surface area (Å²) in [5.74, 6) is -0.387. The fourth-order valence-corrected chi connectivity index (χ4v) is 2.47. The maximum atomic E-state index is 13.6. The summed E-state index contributed by atoms with van der Waals surface area (Å²) in [7, 11) is 0. The van der Waals surface area contributed by atoms with E-state index in [-0.39, 0.29) is 11.7 Å². The largest absolute Gasteiger partial charge is 0.491 e. The van der Waals surface area contributed by atoms with Gasteiger partial charge in [-0.1, -0.05) is 18.2 Å². The van der Waals surface area contributed by atoms with Crippen LogP contribution in [-0.2, 0) is 4.74 Å². The lowest BCUT2D eigenvalue weighted by molar-refractivity contribution is 0.0680. The minimum absolute atomic E-state index is 0.0122. The van der Waals surface area contributed by atoms with Gasteiger partial charge in [0.2, 0.25) is 0 Å². The minimum Gasteiger partial charge on any atom is -0.491 e. The van der Waals surface area contributed by atoms with Crippen LogP contribution >= 0.6 is 0 Å². The summed E-state index contributed by atoms with van der Waals surface area (Å²) in [6.07, 6.45) is 2.20. The molecule has 1 atom stereocenters. The number of halogens is 1. The van der Waals surface area contributed by atoms with E-state index in [1.807, 2.05) is 6.07 Å². The number of ether oxygens (including phenoxy) is 2. The first-order chi connectivity index (χ1) is 11.2. The van der Waals surface area contributed by atoms with Gasteiger partial charge in [0.1, 0.15) is 18.2 Å². The fraction of sp³-hybridized carbons (Fsp3) is 0.278. The number of benzene rings is 2. The van der Waals surface area contributed by atoms with Gasteiger partial charge in [-0.15, -0.1) is 0 Å². The summed E-state index contributed by atoms with van der Waals surface area (Å²) < 4.78 is 24.8. The number of nitrogens with one attached hydrogen (secondary N) is 1. The maximum Gasteiger partial charge on any atom is 0.258 e. The van der Waals surface area contributed by atoms with Gasteiger partial charge in [-0.3, -0.25) is 4.79 Å². The zero-order valence-electron chi connectivity index (χ0n) is 12.6. The van der Waals surface area contributed by atoms with Crippen molar-refractivity contribution in [2.45, 2.75) is 18.9 Å². The summed E-state index contributed by atoms with van der Waals surface area (Å²) in [6, 6.07) is 12.9. The van der Waals surface area contributed by atoms with Crippen molar-refractivity contribution in [1.82, 2.24) is 0 Å². The number of hydrogen-bond acceptors (Lipinski definition) is 3. The Hall–Kier alpha value is -2.40. The first-order valence-electron chi connectivity index (χ1n) is 7.63. The predicted octanol–water partition coefficient (Wildman–Crippen LogP) is 3.64. The molecule has 1 unspecified atom stereocenters. The number of carbonyl (C=O) groups excluding carboxylic acids is 1. The first-order valence-corrected chi connectivity index (χ1v) is 7.63. The second-order valence-electron chi connectivity index (χ2n) is 5.41. The summed E-state index contributed by atoms with van der Waals surface area (Å²) in [5, 5.41) is 2.68. The molecule has 1 fully saturated rings. The zero-order valence-corrected chi connectivity index (χ0v) is 12.6. The first kappa shape index (κ1) is 15.5. The van der Waals surface area contributed by atoms with E-state index in [2.05, 4.69) is 5.32 Å². The number of carbonyl (C=O) groups is 1. The molecule has 2 aromatic carbocycles. The lowest BCUT2D eigenvalue weighted by atomic mass is 10.2. The second kappa shape index (κ2) is 7.24. The Bertz CT molecular complexity index is 683. The van der Waals surface area contributed by atoms with Gasteiger partial charge in [0, 0.05) is 18.4 Å². The molecular weight excluding hydrogens is 297 g/mol. The summed E-state index contributed by atoms with van der Waals surface area (Å²) in [6.45, 7) is 1.28. The molecule has 4 nitrogen and oxygen atoms in total. The molecule has 0 aliphatic carbocycles. The Balaban J connectivity index is 1.63. The Morgan fingerprint density at radius 3 is 2.91 bits per heavy atom. The molecule has 0 saturated carbocycles. The third-order valence-electron chi connectivity index (χ3n) is 3.67. The smallest absolute Gasteiger partial charge is 0.258 e. The quantitative estimate of drug-likeness (QED) is 0.916. The van der Waals surface area contributed by atoms with Gasteiger partial charge < -0.3 is 14.8 Å². The molecule has 0 spiro atoms. The molecular formula is C18H18FNO3. The van der Waals surface area contributed by atoms with Gasteiger partial charge in [-0.25, -0.2) is 4.39 Å². The van der Waals surface area contributed by atoms with E-state index in [1.165, 1.54) is 12.1 Å². The lowest BCUT2D eigenvalue weighted by Gasteiger charge is -2.12. The molecule has 0 bridgehead atoms. The Kier molecular flexibility index (Phi) is 4.88. The minimum atomic E-state index is -0.546. The molecule has 0 aromatic heterocycles. The molecule has 1 N–H and O–H groups in total. The monoisotopic (exact) mass is 315 g/mol. The van der Waals surface area contributed by atoms with Crippen molar-refractivity contribution in [2.24, 2.45) is 0 Å². The standard InChI is InChI=1S/C18H18FNO3/c19-17-9-2-1-8-16(17)18(21)20-13-5-3-6-14(11-13)23-12-15-7-4-10-22-15/h1-3,5-6,8-9,11,15H,4,7,10,12H2,(H,20,21). The van der Waals surface area contributed by atoms with E-state index in [4.69, 9.17) is 9.47 Å². The number of hydrogen-bond donors (Lipinski definition) is 1. The van der Waals surface area contributed by atoms with Crippen LogP contribution in [0.4, 0.5) is 10.1 Å². The number of rotatable bonds is 5. The normalized spacial score (nSPS) is 17.0. The average molecular weight is 315 g/mol. The molecule has 23 heavy (non-hydrogen) atoms. The van der Waals surface area contributed by atoms with Crippen LogP contribution in [-0.4, -0.2) is 25.2 Å². The molecule has 5 heteroatoms. The molecule has 2 aromatic rings. The van der Waals surface area contributed by atoms with Crippen molar-refractivity contribution in [3.05, 3.63) is 59.9 Å². The maximum absolute atomic E-state index is 13.6. The Labute approximate surface area is 134 Å². The molecule has 1 saturated heterocycles. The summed E-state index contributed by atoms with van der Waals surface area (Å²) in [4.78, 5) is 12.1. The number of amides is 1. The predicted molar refractivity (Wildman–Crippen MR) is 85.3 cm³/mol. The van der Waals surface area contributed by atoms with Crippen LogP contribution < -0.4 is 10.1 Å². The van der Waals surface area contributed by atoms with Gasteiger partial charge in [0.15, 0.2) is 0 Å². The molecule has 1 aliphatic heterocycles. The van der Waals surface area contributed by atoms with Crippen LogP contribution in [0.3, 0.4) is 0 Å². The van der Waals surface area contributed by atoms with Crippen LogP contribution in [0.15, 0.2) is 48.5 Å².